The second-order valence-corrected chi connectivity index (χ2v) is 7.74. The molecule has 0 aliphatic carbocycles. The Morgan fingerprint density at radius 1 is 1.26 bits per heavy atom. The molecule has 0 bridgehead atoms. The maximum Gasteiger partial charge on any atom is 0.243 e. The smallest absolute Gasteiger partial charge is 0.207 e. The Labute approximate surface area is 122 Å². The summed E-state index contributed by atoms with van der Waals surface area (Å²) in [7, 11) is -3.63. The lowest BCUT2D eigenvalue weighted by atomic mass is 10.0. The molecule has 2 atom stereocenters. The Balaban J connectivity index is 2.43. The standard InChI is InChI=1S/C13H17BrFNO2S/c1-9-4-3-5-10(2)16(9)19(17,18)11-6-7-12(14)13(15)8-11/h6-10H,3-5H2,1-2H3. The van der Waals surface area contributed by atoms with Gasteiger partial charge >= 0.3 is 0 Å². The molecule has 1 aliphatic rings. The van der Waals surface area contributed by atoms with E-state index < -0.39 is 15.8 Å². The molecule has 0 amide bonds. The van der Waals surface area contributed by atoms with Gasteiger partial charge < -0.3 is 0 Å². The molecule has 106 valence electrons. The minimum atomic E-state index is -3.63. The van der Waals surface area contributed by atoms with Crippen LogP contribution >= 0.6 is 15.9 Å². The molecule has 1 saturated heterocycles. The molecule has 0 spiro atoms. The van der Waals surface area contributed by atoms with Gasteiger partial charge in [-0.15, -0.1) is 0 Å². The average Bonchev–Trinajstić information content (AvgIpc) is 2.32. The van der Waals surface area contributed by atoms with Crippen molar-refractivity contribution >= 4 is 26.0 Å². The van der Waals surface area contributed by atoms with Gasteiger partial charge in [0.15, 0.2) is 0 Å². The molecular weight excluding hydrogens is 333 g/mol. The van der Waals surface area contributed by atoms with Crippen LogP contribution in [-0.4, -0.2) is 24.8 Å². The third-order valence-electron chi connectivity index (χ3n) is 3.58. The van der Waals surface area contributed by atoms with Crippen molar-refractivity contribution in [2.24, 2.45) is 0 Å². The molecule has 1 fully saturated rings. The molecule has 1 aromatic rings. The fourth-order valence-corrected chi connectivity index (χ4v) is 4.77. The van der Waals surface area contributed by atoms with Crippen molar-refractivity contribution in [3.05, 3.63) is 28.5 Å². The third-order valence-corrected chi connectivity index (χ3v) is 6.35. The molecule has 1 aliphatic heterocycles. The highest BCUT2D eigenvalue weighted by atomic mass is 79.9. The van der Waals surface area contributed by atoms with Crippen molar-refractivity contribution in [1.29, 1.82) is 0 Å². The Morgan fingerprint density at radius 2 is 1.84 bits per heavy atom. The van der Waals surface area contributed by atoms with Crippen LogP contribution < -0.4 is 0 Å². The van der Waals surface area contributed by atoms with Crippen molar-refractivity contribution in [3.63, 3.8) is 0 Å². The number of piperidine rings is 1. The lowest BCUT2D eigenvalue weighted by molar-refractivity contribution is 0.204. The number of benzene rings is 1. The highest BCUT2D eigenvalue weighted by Crippen LogP contribution is 2.30. The van der Waals surface area contributed by atoms with Gasteiger partial charge in [-0.1, -0.05) is 6.42 Å². The Bertz CT molecular complexity index is 566. The summed E-state index contributed by atoms with van der Waals surface area (Å²) in [5, 5.41) is 0. The van der Waals surface area contributed by atoms with E-state index in [4.69, 9.17) is 0 Å². The number of nitrogens with zero attached hydrogens (tertiary/aromatic N) is 1. The molecule has 1 heterocycles. The summed E-state index contributed by atoms with van der Waals surface area (Å²) in [6, 6.07) is 3.87. The predicted molar refractivity (Wildman–Crippen MR) is 75.9 cm³/mol. The molecule has 19 heavy (non-hydrogen) atoms. The van der Waals surface area contributed by atoms with Gasteiger partial charge in [-0.2, -0.15) is 4.31 Å². The van der Waals surface area contributed by atoms with Crippen LogP contribution in [0.4, 0.5) is 4.39 Å². The Morgan fingerprint density at radius 3 is 2.37 bits per heavy atom. The van der Waals surface area contributed by atoms with Crippen molar-refractivity contribution in [1.82, 2.24) is 4.31 Å². The second kappa shape index (κ2) is 5.50. The van der Waals surface area contributed by atoms with E-state index in [1.807, 2.05) is 13.8 Å². The van der Waals surface area contributed by atoms with E-state index in [9.17, 15) is 12.8 Å². The first-order valence-corrected chi connectivity index (χ1v) is 8.56. The lowest BCUT2D eigenvalue weighted by Crippen LogP contribution is -2.47. The van der Waals surface area contributed by atoms with Crippen molar-refractivity contribution < 1.29 is 12.8 Å². The Hall–Kier alpha value is -0.460. The minimum absolute atomic E-state index is 0.0220. The van der Waals surface area contributed by atoms with E-state index in [-0.39, 0.29) is 21.5 Å². The molecule has 0 saturated carbocycles. The first-order chi connectivity index (χ1) is 8.84. The molecule has 2 unspecified atom stereocenters. The summed E-state index contributed by atoms with van der Waals surface area (Å²) >= 11 is 3.03. The number of hydrogen-bond donors (Lipinski definition) is 0. The van der Waals surface area contributed by atoms with Crippen LogP contribution in [0.2, 0.25) is 0 Å². The van der Waals surface area contributed by atoms with Gasteiger partial charge in [0.2, 0.25) is 10.0 Å². The Kier molecular flexibility index (Phi) is 4.32. The van der Waals surface area contributed by atoms with E-state index in [0.29, 0.717) is 0 Å². The maximum atomic E-state index is 13.5. The van der Waals surface area contributed by atoms with Crippen LogP contribution in [-0.2, 0) is 10.0 Å². The zero-order chi connectivity index (χ0) is 14.2. The van der Waals surface area contributed by atoms with E-state index >= 15 is 0 Å². The van der Waals surface area contributed by atoms with E-state index in [2.05, 4.69) is 15.9 Å². The van der Waals surface area contributed by atoms with Crippen LogP contribution in [0, 0.1) is 5.82 Å². The normalized spacial score (nSPS) is 25.5. The van der Waals surface area contributed by atoms with Gasteiger partial charge in [0.25, 0.3) is 0 Å². The number of hydrogen-bond acceptors (Lipinski definition) is 2. The van der Waals surface area contributed by atoms with Gasteiger partial charge in [0.05, 0.1) is 9.37 Å². The topological polar surface area (TPSA) is 37.4 Å². The van der Waals surface area contributed by atoms with Crippen molar-refractivity contribution in [2.45, 2.75) is 50.1 Å². The fraction of sp³-hybridized carbons (Fsp3) is 0.538. The molecule has 6 heteroatoms. The summed E-state index contributed by atoms with van der Waals surface area (Å²) in [6.07, 6.45) is 2.73. The molecule has 3 nitrogen and oxygen atoms in total. The summed E-state index contributed by atoms with van der Waals surface area (Å²) in [4.78, 5) is 0.0220. The van der Waals surface area contributed by atoms with Crippen LogP contribution in [0.15, 0.2) is 27.6 Å². The zero-order valence-corrected chi connectivity index (χ0v) is 13.3. The maximum absolute atomic E-state index is 13.5. The van der Waals surface area contributed by atoms with Gasteiger partial charge in [-0.3, -0.25) is 0 Å². The highest BCUT2D eigenvalue weighted by molar-refractivity contribution is 9.10. The molecule has 0 radical (unpaired) electrons. The molecular formula is C13H17BrFNO2S. The molecule has 0 aromatic heterocycles. The SMILES string of the molecule is CC1CCCC(C)N1S(=O)(=O)c1ccc(Br)c(F)c1. The minimum Gasteiger partial charge on any atom is -0.207 e. The molecule has 1 aromatic carbocycles. The van der Waals surface area contributed by atoms with E-state index in [0.717, 1.165) is 25.3 Å². The fourth-order valence-electron chi connectivity index (χ4n) is 2.63. The van der Waals surface area contributed by atoms with Crippen LogP contribution in [0.1, 0.15) is 33.1 Å². The largest absolute Gasteiger partial charge is 0.243 e. The van der Waals surface area contributed by atoms with Crippen molar-refractivity contribution in [3.8, 4) is 0 Å². The first-order valence-electron chi connectivity index (χ1n) is 6.32. The summed E-state index contributed by atoms with van der Waals surface area (Å²) in [6.45, 7) is 3.81. The lowest BCUT2D eigenvalue weighted by Gasteiger charge is -2.37. The average molecular weight is 350 g/mol. The van der Waals surface area contributed by atoms with Gasteiger partial charge in [-0.05, 0) is 60.8 Å². The number of sulfonamides is 1. The highest BCUT2D eigenvalue weighted by Gasteiger charge is 2.35. The van der Waals surface area contributed by atoms with Crippen molar-refractivity contribution in [2.75, 3.05) is 0 Å². The summed E-state index contributed by atoms with van der Waals surface area (Å²) < 4.78 is 40.6. The van der Waals surface area contributed by atoms with Crippen LogP contribution in [0.5, 0.6) is 0 Å². The summed E-state index contributed by atoms with van der Waals surface area (Å²) in [5.41, 5.74) is 0. The van der Waals surface area contributed by atoms with Crippen LogP contribution in [0.3, 0.4) is 0 Å². The quantitative estimate of drug-likeness (QED) is 0.818. The predicted octanol–water partition coefficient (Wildman–Crippen LogP) is 3.54. The molecule has 0 N–H and O–H groups in total. The van der Waals surface area contributed by atoms with Gasteiger partial charge in [0, 0.05) is 12.1 Å². The van der Waals surface area contributed by atoms with Gasteiger partial charge in [-0.25, -0.2) is 12.8 Å². The number of rotatable bonds is 2. The number of halogens is 2. The van der Waals surface area contributed by atoms with Gasteiger partial charge in [0.1, 0.15) is 5.82 Å². The zero-order valence-electron chi connectivity index (χ0n) is 10.9. The third kappa shape index (κ3) is 2.85. The van der Waals surface area contributed by atoms with Crippen LogP contribution in [0.25, 0.3) is 0 Å². The van der Waals surface area contributed by atoms with E-state index in [1.54, 1.807) is 0 Å². The van der Waals surface area contributed by atoms with E-state index in [1.165, 1.54) is 16.4 Å². The monoisotopic (exact) mass is 349 g/mol. The molecule has 2 rings (SSSR count). The second-order valence-electron chi connectivity index (χ2n) is 5.04. The first kappa shape index (κ1) is 14.9. The summed E-state index contributed by atoms with van der Waals surface area (Å²) in [5.74, 6) is -0.557.